The van der Waals surface area contributed by atoms with Crippen LogP contribution in [-0.2, 0) is 16.4 Å². The fourth-order valence-corrected chi connectivity index (χ4v) is 2.33. The molecule has 1 rings (SSSR count). The van der Waals surface area contributed by atoms with Crippen molar-refractivity contribution in [3.8, 4) is 0 Å². The summed E-state index contributed by atoms with van der Waals surface area (Å²) in [7, 11) is -1.28. The Hall–Kier alpha value is -1.41. The van der Waals surface area contributed by atoms with Gasteiger partial charge < -0.3 is 10.6 Å². The molecule has 0 aliphatic heterocycles. The highest BCUT2D eigenvalue weighted by Crippen LogP contribution is 2.20. The number of hydrogen-bond acceptors (Lipinski definition) is 6. The zero-order valence-electron chi connectivity index (χ0n) is 12.2. The minimum atomic E-state index is -3.11. The van der Waals surface area contributed by atoms with Crippen molar-refractivity contribution in [1.82, 2.24) is 14.7 Å². The summed E-state index contributed by atoms with van der Waals surface area (Å²) >= 11 is 0. The Labute approximate surface area is 120 Å². The molecule has 0 saturated heterocycles. The average molecular weight is 301 g/mol. The van der Waals surface area contributed by atoms with Crippen LogP contribution in [0.5, 0.6) is 0 Å². The van der Waals surface area contributed by atoms with Gasteiger partial charge in [0, 0.05) is 25.7 Å². The Balaban J connectivity index is 2.55. The van der Waals surface area contributed by atoms with Gasteiger partial charge in [0.25, 0.3) is 0 Å². The molecule has 0 atom stereocenters. The lowest BCUT2D eigenvalue weighted by atomic mass is 10.1. The summed E-state index contributed by atoms with van der Waals surface area (Å²) in [5.41, 5.74) is 1.06. The molecule has 0 radical (unpaired) electrons. The minimum Gasteiger partial charge on any atom is -0.373 e. The molecule has 1 heterocycles. The quantitative estimate of drug-likeness (QED) is 0.585. The first-order valence-electron chi connectivity index (χ1n) is 6.68. The van der Waals surface area contributed by atoms with Gasteiger partial charge in [0.2, 0.25) is 10.0 Å². The van der Waals surface area contributed by atoms with Gasteiger partial charge in [-0.2, -0.15) is 0 Å². The van der Waals surface area contributed by atoms with Gasteiger partial charge in [-0.25, -0.2) is 23.1 Å². The summed E-state index contributed by atoms with van der Waals surface area (Å²) in [4.78, 5) is 8.45. The maximum Gasteiger partial charge on any atom is 0.208 e. The summed E-state index contributed by atoms with van der Waals surface area (Å²) in [6.45, 7) is 3.17. The number of anilines is 2. The molecule has 3 N–H and O–H groups in total. The second-order valence-corrected chi connectivity index (χ2v) is 6.33. The third-order valence-corrected chi connectivity index (χ3v) is 3.42. The van der Waals surface area contributed by atoms with E-state index in [0.717, 1.165) is 36.3 Å². The van der Waals surface area contributed by atoms with E-state index in [1.165, 1.54) is 6.33 Å². The second kappa shape index (κ2) is 8.01. The number of sulfonamides is 1. The Bertz CT molecular complexity index is 519. The normalized spacial score (nSPS) is 11.3. The summed E-state index contributed by atoms with van der Waals surface area (Å²) in [5, 5.41) is 6.29. The van der Waals surface area contributed by atoms with Crippen LogP contribution < -0.4 is 15.4 Å². The van der Waals surface area contributed by atoms with Crippen molar-refractivity contribution in [1.29, 1.82) is 0 Å². The molecule has 1 aromatic heterocycles. The zero-order valence-corrected chi connectivity index (χ0v) is 13.0. The predicted molar refractivity (Wildman–Crippen MR) is 81.5 cm³/mol. The van der Waals surface area contributed by atoms with Crippen molar-refractivity contribution < 1.29 is 8.42 Å². The molecule has 0 aliphatic rings. The third kappa shape index (κ3) is 5.70. The highest BCUT2D eigenvalue weighted by atomic mass is 32.2. The topological polar surface area (TPSA) is 96.0 Å². The van der Waals surface area contributed by atoms with Crippen molar-refractivity contribution >= 4 is 21.7 Å². The summed E-state index contributed by atoms with van der Waals surface area (Å²) in [6, 6.07) is 0. The van der Waals surface area contributed by atoms with Crippen molar-refractivity contribution in [2.75, 3.05) is 37.0 Å². The fourth-order valence-electron chi connectivity index (χ4n) is 1.82. The van der Waals surface area contributed by atoms with Crippen LogP contribution in [0.2, 0.25) is 0 Å². The molecule has 0 aliphatic carbocycles. The maximum atomic E-state index is 10.9. The lowest BCUT2D eigenvalue weighted by Gasteiger charge is -2.13. The van der Waals surface area contributed by atoms with Crippen molar-refractivity contribution in [2.24, 2.45) is 0 Å². The van der Waals surface area contributed by atoms with E-state index in [9.17, 15) is 8.42 Å². The fraction of sp³-hybridized carbons (Fsp3) is 0.667. The Morgan fingerprint density at radius 3 is 2.50 bits per heavy atom. The molecule has 1 aromatic rings. The van der Waals surface area contributed by atoms with Gasteiger partial charge in [-0.15, -0.1) is 0 Å². The summed E-state index contributed by atoms with van der Waals surface area (Å²) in [5.74, 6) is 1.64. The first-order chi connectivity index (χ1) is 9.48. The van der Waals surface area contributed by atoms with E-state index in [-0.39, 0.29) is 0 Å². The maximum absolute atomic E-state index is 10.9. The van der Waals surface area contributed by atoms with Gasteiger partial charge in [-0.1, -0.05) is 13.3 Å². The molecular weight excluding hydrogens is 278 g/mol. The van der Waals surface area contributed by atoms with Crippen LogP contribution in [0.4, 0.5) is 11.6 Å². The molecule has 114 valence electrons. The lowest BCUT2D eigenvalue weighted by molar-refractivity contribution is 0.586. The number of hydrogen-bond donors (Lipinski definition) is 3. The van der Waals surface area contributed by atoms with E-state index in [4.69, 9.17) is 0 Å². The number of nitrogens with zero attached hydrogens (tertiary/aromatic N) is 2. The monoisotopic (exact) mass is 301 g/mol. The van der Waals surface area contributed by atoms with E-state index in [0.29, 0.717) is 19.5 Å². The van der Waals surface area contributed by atoms with E-state index in [1.807, 2.05) is 7.05 Å². The molecular formula is C12H23N5O2S. The Morgan fingerprint density at radius 2 is 1.90 bits per heavy atom. The van der Waals surface area contributed by atoms with Crippen LogP contribution in [0, 0.1) is 0 Å². The molecule has 0 amide bonds. The van der Waals surface area contributed by atoms with E-state index < -0.39 is 10.0 Å². The SMILES string of the molecule is CCCc1c(NC)ncnc1NCCCNS(C)(=O)=O. The van der Waals surface area contributed by atoms with Gasteiger partial charge in [0.15, 0.2) is 0 Å². The summed E-state index contributed by atoms with van der Waals surface area (Å²) in [6.07, 6.45) is 5.26. The molecule has 0 spiro atoms. The lowest BCUT2D eigenvalue weighted by Crippen LogP contribution is -2.24. The third-order valence-electron chi connectivity index (χ3n) is 2.69. The molecule has 0 unspecified atom stereocenters. The number of aromatic nitrogens is 2. The standard InChI is InChI=1S/C12H23N5O2S/c1-4-6-10-11(13-2)15-9-16-12(10)14-7-5-8-17-20(3,18)19/h9,17H,4-8H2,1-3H3,(H2,13,14,15,16). The molecule has 7 nitrogen and oxygen atoms in total. The highest BCUT2D eigenvalue weighted by molar-refractivity contribution is 7.88. The largest absolute Gasteiger partial charge is 0.373 e. The number of nitrogens with one attached hydrogen (secondary N) is 3. The molecule has 8 heteroatoms. The second-order valence-electron chi connectivity index (χ2n) is 4.50. The van der Waals surface area contributed by atoms with Crippen LogP contribution in [0.25, 0.3) is 0 Å². The van der Waals surface area contributed by atoms with Gasteiger partial charge in [-0.3, -0.25) is 0 Å². The Morgan fingerprint density at radius 1 is 1.20 bits per heavy atom. The van der Waals surface area contributed by atoms with Gasteiger partial charge in [0.05, 0.1) is 6.26 Å². The van der Waals surface area contributed by atoms with Crippen molar-refractivity contribution in [3.05, 3.63) is 11.9 Å². The first-order valence-corrected chi connectivity index (χ1v) is 8.57. The predicted octanol–water partition coefficient (Wildman–Crippen LogP) is 0.822. The number of rotatable bonds is 9. The first kappa shape index (κ1) is 16.6. The molecule has 0 bridgehead atoms. The van der Waals surface area contributed by atoms with E-state index in [1.54, 1.807) is 0 Å². The molecule has 0 fully saturated rings. The van der Waals surface area contributed by atoms with Crippen LogP contribution >= 0.6 is 0 Å². The van der Waals surface area contributed by atoms with E-state index >= 15 is 0 Å². The minimum absolute atomic E-state index is 0.416. The van der Waals surface area contributed by atoms with Crippen LogP contribution in [0.15, 0.2) is 6.33 Å². The average Bonchev–Trinajstić information content (AvgIpc) is 2.38. The van der Waals surface area contributed by atoms with Crippen LogP contribution in [-0.4, -0.2) is 44.8 Å². The smallest absolute Gasteiger partial charge is 0.208 e. The highest BCUT2D eigenvalue weighted by Gasteiger charge is 2.09. The molecule has 20 heavy (non-hydrogen) atoms. The zero-order chi connectivity index (χ0) is 15.0. The van der Waals surface area contributed by atoms with E-state index in [2.05, 4.69) is 32.2 Å². The molecule has 0 saturated carbocycles. The van der Waals surface area contributed by atoms with Gasteiger partial charge in [-0.05, 0) is 12.8 Å². The van der Waals surface area contributed by atoms with Crippen molar-refractivity contribution in [2.45, 2.75) is 26.2 Å². The van der Waals surface area contributed by atoms with Gasteiger partial charge in [0.1, 0.15) is 18.0 Å². The van der Waals surface area contributed by atoms with Crippen molar-refractivity contribution in [3.63, 3.8) is 0 Å². The van der Waals surface area contributed by atoms with Crippen LogP contribution in [0.1, 0.15) is 25.3 Å². The van der Waals surface area contributed by atoms with Crippen LogP contribution in [0.3, 0.4) is 0 Å². The summed E-state index contributed by atoms with van der Waals surface area (Å²) < 4.78 is 24.3. The Kier molecular flexibility index (Phi) is 6.66. The van der Waals surface area contributed by atoms with Gasteiger partial charge >= 0.3 is 0 Å². The molecule has 0 aromatic carbocycles.